The lowest BCUT2D eigenvalue weighted by atomic mass is 9.98. The summed E-state index contributed by atoms with van der Waals surface area (Å²) in [6.45, 7) is 0. The second-order valence-electron chi connectivity index (χ2n) is 5.47. The quantitative estimate of drug-likeness (QED) is 0.782. The van der Waals surface area contributed by atoms with Gasteiger partial charge in [-0.2, -0.15) is 13.2 Å². The van der Waals surface area contributed by atoms with E-state index in [9.17, 15) is 18.0 Å². The zero-order chi connectivity index (χ0) is 17.3. The Balaban J connectivity index is 1.96. The van der Waals surface area contributed by atoms with Crippen LogP contribution in [0.3, 0.4) is 0 Å². The first kappa shape index (κ1) is 16.7. The molecule has 0 aromatic heterocycles. The number of benzene rings is 2. The number of fused-ring (bicyclic) bond motifs is 1. The molecule has 3 nitrogen and oxygen atoms in total. The van der Waals surface area contributed by atoms with Gasteiger partial charge in [-0.3, -0.25) is 0 Å². The molecule has 0 saturated heterocycles. The van der Waals surface area contributed by atoms with Gasteiger partial charge < -0.3 is 10.4 Å². The molecule has 2 aromatic carbocycles. The van der Waals surface area contributed by atoms with Crippen molar-refractivity contribution in [2.75, 3.05) is 5.75 Å². The summed E-state index contributed by atoms with van der Waals surface area (Å²) in [6.07, 6.45) is -4.78. The van der Waals surface area contributed by atoms with Crippen LogP contribution in [0.1, 0.15) is 23.6 Å². The highest BCUT2D eigenvalue weighted by Gasteiger charge is 2.30. The fourth-order valence-electron chi connectivity index (χ4n) is 2.74. The average Bonchev–Trinajstić information content (AvgIpc) is 2.53. The Kier molecular flexibility index (Phi) is 4.45. The van der Waals surface area contributed by atoms with Crippen LogP contribution in [0.5, 0.6) is 0 Å². The highest BCUT2D eigenvalue weighted by molar-refractivity contribution is 7.99. The third-order valence-electron chi connectivity index (χ3n) is 3.87. The third kappa shape index (κ3) is 3.51. The lowest BCUT2D eigenvalue weighted by Crippen LogP contribution is -2.29. The highest BCUT2D eigenvalue weighted by Crippen LogP contribution is 2.39. The van der Waals surface area contributed by atoms with E-state index in [1.54, 1.807) is 30.0 Å². The van der Waals surface area contributed by atoms with Crippen molar-refractivity contribution < 1.29 is 23.1 Å². The van der Waals surface area contributed by atoms with Gasteiger partial charge in [-0.05, 0) is 41.3 Å². The van der Waals surface area contributed by atoms with E-state index in [1.165, 1.54) is 6.07 Å². The smallest absolute Gasteiger partial charge is 0.416 e. The fourth-order valence-corrected chi connectivity index (χ4v) is 3.90. The van der Waals surface area contributed by atoms with E-state index < -0.39 is 17.8 Å². The molecule has 3 rings (SSSR count). The molecular weight excluding hydrogens is 339 g/mol. The summed E-state index contributed by atoms with van der Waals surface area (Å²) in [4.78, 5) is 11.8. The van der Waals surface area contributed by atoms with Crippen LogP contribution in [0.4, 0.5) is 18.0 Å². The topological polar surface area (TPSA) is 49.3 Å². The molecule has 2 N–H and O–H groups in total. The lowest BCUT2D eigenvalue weighted by Gasteiger charge is -2.25. The number of nitrogens with one attached hydrogen (secondary N) is 1. The number of carboxylic acid groups (broad SMARTS) is 1. The van der Waals surface area contributed by atoms with Crippen molar-refractivity contribution >= 4 is 17.9 Å². The number of hydrogen-bond acceptors (Lipinski definition) is 2. The van der Waals surface area contributed by atoms with Crippen molar-refractivity contribution in [2.24, 2.45) is 0 Å². The van der Waals surface area contributed by atoms with Crippen molar-refractivity contribution in [3.05, 3.63) is 53.6 Å². The van der Waals surface area contributed by atoms with E-state index in [0.29, 0.717) is 17.5 Å². The van der Waals surface area contributed by atoms with E-state index in [4.69, 9.17) is 5.11 Å². The number of thioether (sulfide) groups is 1. The number of rotatable bonds is 2. The molecule has 1 atom stereocenters. The lowest BCUT2D eigenvalue weighted by molar-refractivity contribution is -0.137. The summed E-state index contributed by atoms with van der Waals surface area (Å²) in [5.74, 6) is 0.754. The molecule has 0 bridgehead atoms. The van der Waals surface area contributed by atoms with Crippen LogP contribution >= 0.6 is 11.8 Å². The Morgan fingerprint density at radius 2 is 1.92 bits per heavy atom. The Hall–Kier alpha value is -2.15. The van der Waals surface area contributed by atoms with Gasteiger partial charge in [0.1, 0.15) is 0 Å². The van der Waals surface area contributed by atoms with Crippen LogP contribution < -0.4 is 5.32 Å². The first-order valence-electron chi connectivity index (χ1n) is 7.28. The Morgan fingerprint density at radius 3 is 2.62 bits per heavy atom. The second kappa shape index (κ2) is 6.39. The number of amides is 1. The van der Waals surface area contributed by atoms with Crippen molar-refractivity contribution in [2.45, 2.75) is 23.5 Å². The van der Waals surface area contributed by atoms with Crippen molar-refractivity contribution in [1.82, 2.24) is 5.32 Å². The van der Waals surface area contributed by atoms with Gasteiger partial charge in [0.25, 0.3) is 0 Å². The normalized spacial score (nSPS) is 17.2. The standard InChI is InChI=1S/C17H14F3NO2S/c18-17(19,20)12-3-1-2-10(8-12)11-4-5-13-14(21-16(22)23)6-7-24-15(13)9-11/h1-5,8-9,14,21H,6-7H2,(H,22,23). The minimum Gasteiger partial charge on any atom is -0.465 e. The fraction of sp³-hybridized carbons (Fsp3) is 0.235. The van der Waals surface area contributed by atoms with Gasteiger partial charge in [0, 0.05) is 10.6 Å². The van der Waals surface area contributed by atoms with Gasteiger partial charge in [-0.15, -0.1) is 11.8 Å². The van der Waals surface area contributed by atoms with Crippen molar-refractivity contribution in [3.8, 4) is 11.1 Å². The van der Waals surface area contributed by atoms with Crippen LogP contribution in [-0.4, -0.2) is 17.0 Å². The van der Waals surface area contributed by atoms with Gasteiger partial charge >= 0.3 is 12.3 Å². The molecule has 2 aromatic rings. The maximum Gasteiger partial charge on any atom is 0.416 e. The molecule has 0 aliphatic carbocycles. The molecule has 1 unspecified atom stereocenters. The minimum atomic E-state index is -4.38. The van der Waals surface area contributed by atoms with Crippen LogP contribution in [-0.2, 0) is 6.18 Å². The van der Waals surface area contributed by atoms with E-state index >= 15 is 0 Å². The van der Waals surface area contributed by atoms with Crippen molar-refractivity contribution in [1.29, 1.82) is 0 Å². The first-order chi connectivity index (χ1) is 11.3. The number of halogens is 3. The number of alkyl halides is 3. The molecule has 126 valence electrons. The summed E-state index contributed by atoms with van der Waals surface area (Å²) in [6, 6.07) is 10.3. The largest absolute Gasteiger partial charge is 0.465 e. The molecule has 1 amide bonds. The SMILES string of the molecule is O=C(O)NC1CCSc2cc(-c3cccc(C(F)(F)F)c3)ccc21. The van der Waals surface area contributed by atoms with Crippen LogP contribution in [0.15, 0.2) is 47.4 Å². The van der Waals surface area contributed by atoms with E-state index in [-0.39, 0.29) is 6.04 Å². The van der Waals surface area contributed by atoms with E-state index in [1.807, 2.05) is 6.07 Å². The molecule has 1 aliphatic rings. The van der Waals surface area contributed by atoms with Crippen LogP contribution in [0.25, 0.3) is 11.1 Å². The molecule has 1 aliphatic heterocycles. The predicted molar refractivity (Wildman–Crippen MR) is 86.1 cm³/mol. The zero-order valence-corrected chi connectivity index (χ0v) is 13.2. The second-order valence-corrected chi connectivity index (χ2v) is 6.61. The highest BCUT2D eigenvalue weighted by atomic mass is 32.2. The van der Waals surface area contributed by atoms with Crippen LogP contribution in [0, 0.1) is 0 Å². The molecule has 0 fully saturated rings. The zero-order valence-electron chi connectivity index (χ0n) is 12.4. The molecule has 24 heavy (non-hydrogen) atoms. The molecule has 0 spiro atoms. The third-order valence-corrected chi connectivity index (χ3v) is 4.98. The van der Waals surface area contributed by atoms with Gasteiger partial charge in [0.2, 0.25) is 0 Å². The summed E-state index contributed by atoms with van der Waals surface area (Å²) in [7, 11) is 0. The van der Waals surface area contributed by atoms with Gasteiger partial charge in [-0.1, -0.05) is 24.3 Å². The van der Waals surface area contributed by atoms with Gasteiger partial charge in [-0.25, -0.2) is 4.79 Å². The molecule has 0 saturated carbocycles. The first-order valence-corrected chi connectivity index (χ1v) is 8.27. The maximum atomic E-state index is 12.9. The number of hydrogen-bond donors (Lipinski definition) is 2. The minimum absolute atomic E-state index is 0.283. The predicted octanol–water partition coefficient (Wildman–Crippen LogP) is 5.18. The van der Waals surface area contributed by atoms with Crippen molar-refractivity contribution in [3.63, 3.8) is 0 Å². The summed E-state index contributed by atoms with van der Waals surface area (Å²) in [5.41, 5.74) is 1.35. The summed E-state index contributed by atoms with van der Waals surface area (Å²) in [5, 5.41) is 11.4. The summed E-state index contributed by atoms with van der Waals surface area (Å²) < 4.78 is 38.6. The summed E-state index contributed by atoms with van der Waals surface area (Å²) >= 11 is 1.58. The van der Waals surface area contributed by atoms with E-state index in [2.05, 4.69) is 5.32 Å². The Bertz CT molecular complexity index is 777. The molecule has 0 radical (unpaired) electrons. The molecule has 7 heteroatoms. The Morgan fingerprint density at radius 1 is 1.17 bits per heavy atom. The average molecular weight is 353 g/mol. The van der Waals surface area contributed by atoms with Gasteiger partial charge in [0.05, 0.1) is 11.6 Å². The van der Waals surface area contributed by atoms with E-state index in [0.717, 1.165) is 28.3 Å². The molecular formula is C17H14F3NO2S. The monoisotopic (exact) mass is 353 g/mol. The Labute approximate surface area is 140 Å². The maximum absolute atomic E-state index is 12.9. The van der Waals surface area contributed by atoms with Crippen LogP contribution in [0.2, 0.25) is 0 Å². The van der Waals surface area contributed by atoms with Gasteiger partial charge in [0.15, 0.2) is 0 Å². The number of carbonyl (C=O) groups is 1. The molecule has 1 heterocycles.